The maximum absolute atomic E-state index is 12.5. The number of carbonyl (C=O) groups is 1. The second-order valence-corrected chi connectivity index (χ2v) is 6.40. The molecule has 1 heterocycles. The molecular formula is C20H19ClN4O. The van der Waals surface area contributed by atoms with Gasteiger partial charge in [-0.3, -0.25) is 4.79 Å². The molecule has 3 rings (SSSR count). The van der Waals surface area contributed by atoms with Crippen molar-refractivity contribution in [1.82, 2.24) is 9.97 Å². The minimum Gasteiger partial charge on any atom is -0.355 e. The first-order valence-corrected chi connectivity index (χ1v) is 8.57. The van der Waals surface area contributed by atoms with E-state index in [1.165, 1.54) is 5.56 Å². The molecule has 0 saturated carbocycles. The first-order chi connectivity index (χ1) is 12.5. The number of hydrogen-bond acceptors (Lipinski definition) is 4. The second-order valence-electron chi connectivity index (χ2n) is 5.96. The van der Waals surface area contributed by atoms with Gasteiger partial charge in [-0.25, -0.2) is 9.97 Å². The van der Waals surface area contributed by atoms with E-state index in [2.05, 4.69) is 27.4 Å². The Morgan fingerprint density at radius 2 is 1.77 bits per heavy atom. The zero-order valence-corrected chi connectivity index (χ0v) is 15.4. The van der Waals surface area contributed by atoms with Crippen molar-refractivity contribution in [3.8, 4) is 0 Å². The maximum atomic E-state index is 12.5. The predicted octanol–water partition coefficient (Wildman–Crippen LogP) is 4.33. The molecule has 0 spiro atoms. The summed E-state index contributed by atoms with van der Waals surface area (Å²) in [7, 11) is 1.94. The van der Waals surface area contributed by atoms with Crippen LogP contribution in [-0.4, -0.2) is 22.9 Å². The van der Waals surface area contributed by atoms with Gasteiger partial charge in [0.15, 0.2) is 0 Å². The number of hydrogen-bond donors (Lipinski definition) is 1. The number of carbonyl (C=O) groups excluding carboxylic acids is 1. The Bertz CT molecular complexity index is 897. The van der Waals surface area contributed by atoms with E-state index in [-0.39, 0.29) is 5.91 Å². The zero-order valence-electron chi connectivity index (χ0n) is 14.6. The van der Waals surface area contributed by atoms with Gasteiger partial charge in [-0.2, -0.15) is 0 Å². The molecule has 0 aliphatic carbocycles. The highest BCUT2D eigenvalue weighted by Gasteiger charge is 2.13. The number of nitrogens with zero attached hydrogens (tertiary/aromatic N) is 3. The predicted molar refractivity (Wildman–Crippen MR) is 105 cm³/mol. The van der Waals surface area contributed by atoms with Crippen LogP contribution in [-0.2, 0) is 6.54 Å². The highest BCUT2D eigenvalue weighted by Crippen LogP contribution is 2.17. The van der Waals surface area contributed by atoms with E-state index >= 15 is 0 Å². The van der Waals surface area contributed by atoms with Crippen molar-refractivity contribution in [3.05, 3.63) is 82.8 Å². The van der Waals surface area contributed by atoms with Crippen LogP contribution in [0.1, 0.15) is 21.9 Å². The van der Waals surface area contributed by atoms with E-state index < -0.39 is 0 Å². The number of benzene rings is 2. The highest BCUT2D eigenvalue weighted by molar-refractivity contribution is 6.30. The van der Waals surface area contributed by atoms with Gasteiger partial charge in [0, 0.05) is 30.4 Å². The third-order valence-corrected chi connectivity index (χ3v) is 4.06. The number of anilines is 2. The Labute approximate surface area is 157 Å². The third kappa shape index (κ3) is 4.58. The van der Waals surface area contributed by atoms with Gasteiger partial charge in [-0.1, -0.05) is 41.9 Å². The molecule has 26 heavy (non-hydrogen) atoms. The number of amides is 1. The summed E-state index contributed by atoms with van der Waals surface area (Å²) < 4.78 is 0. The van der Waals surface area contributed by atoms with Gasteiger partial charge >= 0.3 is 0 Å². The van der Waals surface area contributed by atoms with Gasteiger partial charge in [0.2, 0.25) is 0 Å². The summed E-state index contributed by atoms with van der Waals surface area (Å²) >= 11 is 5.87. The Hall–Kier alpha value is -2.92. The smallest absolute Gasteiger partial charge is 0.274 e. The summed E-state index contributed by atoms with van der Waals surface area (Å²) in [5.74, 6) is 0.957. The maximum Gasteiger partial charge on any atom is 0.274 e. The monoisotopic (exact) mass is 366 g/mol. The molecule has 132 valence electrons. The summed E-state index contributed by atoms with van der Waals surface area (Å²) in [4.78, 5) is 23.2. The lowest BCUT2D eigenvalue weighted by molar-refractivity contribution is 0.102. The summed E-state index contributed by atoms with van der Waals surface area (Å²) in [6.07, 6.45) is 0. The summed E-state index contributed by atoms with van der Waals surface area (Å²) in [5.41, 5.74) is 2.15. The highest BCUT2D eigenvalue weighted by atomic mass is 35.5. The first-order valence-electron chi connectivity index (χ1n) is 8.19. The van der Waals surface area contributed by atoms with E-state index in [9.17, 15) is 4.79 Å². The molecule has 0 bridgehead atoms. The average molecular weight is 367 g/mol. The van der Waals surface area contributed by atoms with Crippen LogP contribution in [0, 0.1) is 6.92 Å². The van der Waals surface area contributed by atoms with E-state index in [0.717, 1.165) is 0 Å². The number of aromatic nitrogens is 2. The van der Waals surface area contributed by atoms with E-state index in [1.54, 1.807) is 37.3 Å². The van der Waals surface area contributed by atoms with E-state index in [0.29, 0.717) is 34.6 Å². The van der Waals surface area contributed by atoms with Crippen LogP contribution in [0.4, 0.5) is 11.5 Å². The van der Waals surface area contributed by atoms with Gasteiger partial charge in [0.1, 0.15) is 17.3 Å². The molecule has 1 amide bonds. The molecule has 5 nitrogen and oxygen atoms in total. The van der Waals surface area contributed by atoms with Crippen LogP contribution in [0.25, 0.3) is 0 Å². The largest absolute Gasteiger partial charge is 0.355 e. The number of rotatable bonds is 5. The molecule has 6 heteroatoms. The van der Waals surface area contributed by atoms with E-state index in [1.807, 2.05) is 30.1 Å². The Morgan fingerprint density at radius 1 is 1.08 bits per heavy atom. The van der Waals surface area contributed by atoms with Gasteiger partial charge < -0.3 is 10.2 Å². The minimum absolute atomic E-state index is 0.285. The molecule has 3 aromatic rings. The molecule has 1 N–H and O–H groups in total. The van der Waals surface area contributed by atoms with Crippen LogP contribution in [0.2, 0.25) is 5.02 Å². The molecular weight excluding hydrogens is 348 g/mol. The van der Waals surface area contributed by atoms with Crippen LogP contribution >= 0.6 is 11.6 Å². The van der Waals surface area contributed by atoms with Crippen LogP contribution in [0.15, 0.2) is 60.7 Å². The standard InChI is InChI=1S/C20H19ClN4O/c1-14-22-18(20(26)24-17-10-8-16(21)9-11-17)12-19(23-14)25(2)13-15-6-4-3-5-7-15/h3-12H,13H2,1-2H3,(H,24,26). The molecule has 0 aliphatic heterocycles. The molecule has 0 fully saturated rings. The molecule has 0 unspecified atom stereocenters. The van der Waals surface area contributed by atoms with Crippen molar-refractivity contribution in [2.45, 2.75) is 13.5 Å². The third-order valence-electron chi connectivity index (χ3n) is 3.81. The van der Waals surface area contributed by atoms with Gasteiger partial charge in [-0.15, -0.1) is 0 Å². The van der Waals surface area contributed by atoms with Crippen molar-refractivity contribution in [1.29, 1.82) is 0 Å². The summed E-state index contributed by atoms with van der Waals surface area (Å²) in [6, 6.07) is 18.7. The van der Waals surface area contributed by atoms with Gasteiger partial charge in [0.05, 0.1) is 0 Å². The lowest BCUT2D eigenvalue weighted by Gasteiger charge is -2.19. The number of halogens is 1. The quantitative estimate of drug-likeness (QED) is 0.730. The normalized spacial score (nSPS) is 10.4. The van der Waals surface area contributed by atoms with Crippen molar-refractivity contribution in [2.24, 2.45) is 0 Å². The van der Waals surface area contributed by atoms with Crippen molar-refractivity contribution in [2.75, 3.05) is 17.3 Å². The first kappa shape index (κ1) is 17.9. The van der Waals surface area contributed by atoms with Gasteiger partial charge in [0.25, 0.3) is 5.91 Å². The Kier molecular flexibility index (Phi) is 5.49. The SMILES string of the molecule is Cc1nc(C(=O)Nc2ccc(Cl)cc2)cc(N(C)Cc2ccccc2)n1. The molecule has 0 radical (unpaired) electrons. The van der Waals surface area contributed by atoms with Gasteiger partial charge in [-0.05, 0) is 36.8 Å². The topological polar surface area (TPSA) is 58.1 Å². The Morgan fingerprint density at radius 3 is 2.46 bits per heavy atom. The summed E-state index contributed by atoms with van der Waals surface area (Å²) in [5, 5.41) is 3.44. The fourth-order valence-electron chi connectivity index (χ4n) is 2.53. The number of nitrogens with one attached hydrogen (secondary N) is 1. The molecule has 2 aromatic carbocycles. The number of aryl methyl sites for hydroxylation is 1. The van der Waals surface area contributed by atoms with E-state index in [4.69, 9.17) is 11.6 Å². The summed E-state index contributed by atoms with van der Waals surface area (Å²) in [6.45, 7) is 2.47. The van der Waals surface area contributed by atoms with Crippen LogP contribution < -0.4 is 10.2 Å². The van der Waals surface area contributed by atoms with Crippen molar-refractivity contribution >= 4 is 29.0 Å². The molecule has 0 atom stereocenters. The average Bonchev–Trinajstić information content (AvgIpc) is 2.64. The minimum atomic E-state index is -0.285. The molecule has 1 aromatic heterocycles. The van der Waals surface area contributed by atoms with Crippen LogP contribution in [0.3, 0.4) is 0 Å². The Balaban J connectivity index is 1.78. The fraction of sp³-hybridized carbons (Fsp3) is 0.150. The molecule has 0 aliphatic rings. The second kappa shape index (κ2) is 7.97. The lowest BCUT2D eigenvalue weighted by atomic mass is 10.2. The molecule has 0 saturated heterocycles. The van der Waals surface area contributed by atoms with Crippen molar-refractivity contribution < 1.29 is 4.79 Å². The fourth-order valence-corrected chi connectivity index (χ4v) is 2.66. The van der Waals surface area contributed by atoms with Crippen LogP contribution in [0.5, 0.6) is 0 Å². The zero-order chi connectivity index (χ0) is 18.5. The van der Waals surface area contributed by atoms with Crippen molar-refractivity contribution in [3.63, 3.8) is 0 Å². The lowest BCUT2D eigenvalue weighted by Crippen LogP contribution is -2.21.